The van der Waals surface area contributed by atoms with Crippen LogP contribution in [0.2, 0.25) is 0 Å². The molecular formula is C20H19Cl2NTi. The first-order valence-electron chi connectivity index (χ1n) is 7.27. The van der Waals surface area contributed by atoms with Gasteiger partial charge in [-0.15, -0.1) is 54.4 Å². The Balaban J connectivity index is 0.000000463. The number of rotatable bonds is 1. The summed E-state index contributed by atoms with van der Waals surface area (Å²) < 4.78 is 2.12. The average molecular weight is 392 g/mol. The third kappa shape index (κ3) is 5.46. The normalized spacial score (nSPS) is 11.9. The summed E-state index contributed by atoms with van der Waals surface area (Å²) in [6, 6.07) is 16.9. The minimum atomic E-state index is 0. The molecule has 24 heavy (non-hydrogen) atoms. The summed E-state index contributed by atoms with van der Waals surface area (Å²) in [4.78, 5) is 0. The van der Waals surface area contributed by atoms with Gasteiger partial charge in [-0.3, -0.25) is 6.08 Å². The van der Waals surface area contributed by atoms with E-state index < -0.39 is 0 Å². The van der Waals surface area contributed by atoms with E-state index in [2.05, 4.69) is 79.4 Å². The summed E-state index contributed by atoms with van der Waals surface area (Å²) in [5.74, 6) is 0. The van der Waals surface area contributed by atoms with E-state index in [1.165, 1.54) is 27.6 Å². The molecule has 1 aliphatic carbocycles. The molecule has 1 heterocycles. The first-order chi connectivity index (χ1) is 10.2. The molecule has 0 aliphatic heterocycles. The first-order valence-corrected chi connectivity index (χ1v) is 7.27. The van der Waals surface area contributed by atoms with Crippen LogP contribution in [0.4, 0.5) is 0 Å². The Bertz CT molecular complexity index is 749. The van der Waals surface area contributed by atoms with Gasteiger partial charge in [0.05, 0.1) is 0 Å². The molecule has 2 aromatic carbocycles. The summed E-state index contributed by atoms with van der Waals surface area (Å²) in [6.45, 7) is 4.22. The number of benzene rings is 1. The van der Waals surface area contributed by atoms with E-state index in [0.29, 0.717) is 0 Å². The molecule has 0 unspecified atom stereocenters. The molecule has 4 heteroatoms. The Morgan fingerprint density at radius 3 is 2.17 bits per heavy atom. The van der Waals surface area contributed by atoms with Crippen molar-refractivity contribution < 1.29 is 46.5 Å². The van der Waals surface area contributed by atoms with Crippen LogP contribution in [0, 0.1) is 6.08 Å². The molecule has 0 atom stereocenters. The van der Waals surface area contributed by atoms with Crippen LogP contribution in [-0.4, -0.2) is 4.57 Å². The summed E-state index contributed by atoms with van der Waals surface area (Å²) in [6.07, 6.45) is 10.5. The summed E-state index contributed by atoms with van der Waals surface area (Å²) in [5, 5.41) is 2.60. The zero-order chi connectivity index (χ0) is 14.7. The van der Waals surface area contributed by atoms with E-state index in [-0.39, 0.29) is 46.5 Å². The molecule has 0 amide bonds. The van der Waals surface area contributed by atoms with Crippen molar-refractivity contribution >= 4 is 10.8 Å². The molecule has 122 valence electrons. The molecule has 0 saturated heterocycles. The van der Waals surface area contributed by atoms with Gasteiger partial charge in [-0.05, 0) is 17.8 Å². The van der Waals surface area contributed by atoms with Crippen LogP contribution >= 0.6 is 0 Å². The molecule has 1 nitrogen and oxygen atoms in total. The van der Waals surface area contributed by atoms with Crippen molar-refractivity contribution in [2.45, 2.75) is 20.3 Å². The smallest absolute Gasteiger partial charge is 1.00 e. The van der Waals surface area contributed by atoms with Gasteiger partial charge in [0.2, 0.25) is 0 Å². The molecule has 1 aromatic heterocycles. The number of nitrogens with zero attached hydrogens (tertiary/aromatic N) is 1. The van der Waals surface area contributed by atoms with Crippen molar-refractivity contribution in [3.63, 3.8) is 0 Å². The van der Waals surface area contributed by atoms with E-state index in [0.717, 1.165) is 6.42 Å². The minimum Gasteiger partial charge on any atom is -1.00 e. The van der Waals surface area contributed by atoms with Crippen LogP contribution in [0.3, 0.4) is 0 Å². The third-order valence-electron chi connectivity index (χ3n) is 3.87. The number of hydrogen-bond acceptors (Lipinski definition) is 0. The molecule has 0 N–H and O–H groups in total. The Morgan fingerprint density at radius 1 is 1.00 bits per heavy atom. The molecule has 0 fully saturated rings. The standard InChI is InChI=1S/C13H10N.C7H9.2ClH.Ti/c1-2-6-12-10-13(9-11(12)5-1)14-7-3-4-8-14;1-6-4-3-5-7(6)2;;;/h1-10H;4H,3H2,1-2H3;2*1H;/q2*-1;;;+4/p-2. The van der Waals surface area contributed by atoms with Crippen molar-refractivity contribution in [1.29, 1.82) is 0 Å². The molecule has 3 aromatic rings. The van der Waals surface area contributed by atoms with Crippen molar-refractivity contribution in [2.24, 2.45) is 0 Å². The number of halogens is 2. The van der Waals surface area contributed by atoms with Crippen LogP contribution in [0.15, 0.2) is 78.1 Å². The van der Waals surface area contributed by atoms with Gasteiger partial charge in [-0.2, -0.15) is 6.08 Å². The second kappa shape index (κ2) is 10.7. The van der Waals surface area contributed by atoms with Gasteiger partial charge in [0.25, 0.3) is 0 Å². The molecular weight excluding hydrogens is 373 g/mol. The zero-order valence-corrected chi connectivity index (χ0v) is 16.8. The van der Waals surface area contributed by atoms with E-state index in [4.69, 9.17) is 0 Å². The number of fused-ring (bicyclic) bond motifs is 1. The number of aromatic nitrogens is 1. The van der Waals surface area contributed by atoms with Crippen LogP contribution < -0.4 is 24.8 Å². The molecule has 0 spiro atoms. The van der Waals surface area contributed by atoms with Gasteiger partial charge >= 0.3 is 21.7 Å². The quantitative estimate of drug-likeness (QED) is 0.387. The van der Waals surface area contributed by atoms with E-state index in [1.54, 1.807) is 0 Å². The Labute approximate surface area is 171 Å². The Morgan fingerprint density at radius 2 is 1.67 bits per heavy atom. The summed E-state index contributed by atoms with van der Waals surface area (Å²) in [7, 11) is 0. The van der Waals surface area contributed by atoms with Crippen molar-refractivity contribution in [2.75, 3.05) is 0 Å². The molecule has 1 aliphatic rings. The SMILES string of the molecule is CC1=[C-]CC=C1C.[Cl-].[Cl-].[Ti+4].c1ccc2[cH-]c(-n3cccc3)cc2c1. The zero-order valence-electron chi connectivity index (χ0n) is 13.8. The first kappa shape index (κ1) is 22.9. The van der Waals surface area contributed by atoms with Crippen LogP contribution in [0.1, 0.15) is 20.3 Å². The summed E-state index contributed by atoms with van der Waals surface area (Å²) in [5.41, 5.74) is 3.94. The molecule has 0 radical (unpaired) electrons. The Hall–Kier alpha value is -1.12. The molecule has 4 rings (SSSR count). The largest absolute Gasteiger partial charge is 4.00 e. The average Bonchev–Trinajstić information content (AvgIpc) is 3.21. The third-order valence-corrected chi connectivity index (χ3v) is 3.87. The fraction of sp³-hybridized carbons (Fsp3) is 0.150. The van der Waals surface area contributed by atoms with Gasteiger partial charge in [0.1, 0.15) is 0 Å². The van der Waals surface area contributed by atoms with Gasteiger partial charge in [-0.1, -0.05) is 13.0 Å². The minimum absolute atomic E-state index is 0. The maximum atomic E-state index is 3.19. The topological polar surface area (TPSA) is 4.93 Å². The van der Waals surface area contributed by atoms with Crippen LogP contribution in [0.25, 0.3) is 16.5 Å². The maximum absolute atomic E-state index is 3.19. The van der Waals surface area contributed by atoms with Crippen molar-refractivity contribution in [3.8, 4) is 5.69 Å². The van der Waals surface area contributed by atoms with Crippen LogP contribution in [0.5, 0.6) is 0 Å². The van der Waals surface area contributed by atoms with Crippen molar-refractivity contribution in [3.05, 3.63) is 84.2 Å². The second-order valence-electron chi connectivity index (χ2n) is 5.33. The Kier molecular flexibility index (Phi) is 10.2. The molecule has 0 bridgehead atoms. The van der Waals surface area contributed by atoms with Crippen molar-refractivity contribution in [1.82, 2.24) is 4.57 Å². The monoisotopic (exact) mass is 391 g/mol. The predicted octanol–water partition coefficient (Wildman–Crippen LogP) is -0.559. The van der Waals surface area contributed by atoms with E-state index in [1.807, 2.05) is 12.1 Å². The molecule has 0 saturated carbocycles. The fourth-order valence-corrected chi connectivity index (χ4v) is 2.44. The second-order valence-corrected chi connectivity index (χ2v) is 5.33. The van der Waals surface area contributed by atoms with Gasteiger partial charge < -0.3 is 29.4 Å². The van der Waals surface area contributed by atoms with Gasteiger partial charge in [0.15, 0.2) is 0 Å². The van der Waals surface area contributed by atoms with E-state index in [9.17, 15) is 0 Å². The number of hydrogen-bond donors (Lipinski definition) is 0. The maximum Gasteiger partial charge on any atom is 4.00 e. The predicted molar refractivity (Wildman–Crippen MR) is 89.7 cm³/mol. The van der Waals surface area contributed by atoms with Gasteiger partial charge in [0, 0.05) is 12.4 Å². The number of allylic oxidation sites excluding steroid dienone is 4. The van der Waals surface area contributed by atoms with E-state index >= 15 is 0 Å². The fourth-order valence-electron chi connectivity index (χ4n) is 2.44. The van der Waals surface area contributed by atoms with Crippen LogP contribution in [-0.2, 0) is 21.7 Å². The summed E-state index contributed by atoms with van der Waals surface area (Å²) >= 11 is 0. The van der Waals surface area contributed by atoms with Gasteiger partial charge in [-0.25, -0.2) is 11.1 Å².